The van der Waals surface area contributed by atoms with Crippen molar-refractivity contribution in [2.24, 2.45) is 0 Å². The molecule has 0 amide bonds. The quantitative estimate of drug-likeness (QED) is 0.773. The zero-order valence-corrected chi connectivity index (χ0v) is 10.3. The summed E-state index contributed by atoms with van der Waals surface area (Å²) in [6.07, 6.45) is 1.02. The Morgan fingerprint density at radius 1 is 1.39 bits per heavy atom. The van der Waals surface area contributed by atoms with Crippen LogP contribution in [-0.4, -0.2) is 34.7 Å². The lowest BCUT2D eigenvalue weighted by Crippen LogP contribution is -2.28. The first-order valence-electron chi connectivity index (χ1n) is 5.61. The maximum Gasteiger partial charge on any atom is 0.354 e. The predicted octanol–water partition coefficient (Wildman–Crippen LogP) is 1.50. The largest absolute Gasteiger partial charge is 0.477 e. The average molecular weight is 253 g/mol. The van der Waals surface area contributed by atoms with Gasteiger partial charge in [0.05, 0.1) is 12.8 Å². The fourth-order valence-corrected chi connectivity index (χ4v) is 1.27. The molecule has 1 heterocycles. The maximum atomic E-state index is 11.5. The average Bonchev–Trinajstić information content (AvgIpc) is 2.36. The Labute approximate surface area is 105 Å². The summed E-state index contributed by atoms with van der Waals surface area (Å²) in [6.45, 7) is 3.79. The van der Waals surface area contributed by atoms with Crippen LogP contribution in [0.25, 0.3) is 0 Å². The normalized spacial score (nSPS) is 11.7. The number of carboxylic acid groups (broad SMARTS) is 1. The SMILES string of the molecule is CCOC(=O)C(CC)Oc1ccc(C(=O)O)nc1. The molecule has 0 aromatic carbocycles. The van der Waals surface area contributed by atoms with E-state index in [2.05, 4.69) is 4.98 Å². The molecule has 1 unspecified atom stereocenters. The van der Waals surface area contributed by atoms with Crippen LogP contribution in [-0.2, 0) is 9.53 Å². The number of ether oxygens (including phenoxy) is 2. The number of hydrogen-bond acceptors (Lipinski definition) is 5. The number of aromatic carboxylic acids is 1. The number of carbonyl (C=O) groups excluding carboxylic acids is 1. The summed E-state index contributed by atoms with van der Waals surface area (Å²) in [5, 5.41) is 8.68. The molecule has 6 nitrogen and oxygen atoms in total. The van der Waals surface area contributed by atoms with E-state index in [1.807, 2.05) is 0 Å². The molecule has 1 rings (SSSR count). The summed E-state index contributed by atoms with van der Waals surface area (Å²) in [5.74, 6) is -1.22. The number of esters is 1. The number of hydrogen-bond donors (Lipinski definition) is 1. The number of carbonyl (C=O) groups is 2. The van der Waals surface area contributed by atoms with Gasteiger partial charge in [0, 0.05) is 0 Å². The van der Waals surface area contributed by atoms with Crippen LogP contribution in [0, 0.1) is 0 Å². The lowest BCUT2D eigenvalue weighted by molar-refractivity contribution is -0.151. The summed E-state index contributed by atoms with van der Waals surface area (Å²) in [7, 11) is 0. The highest BCUT2D eigenvalue weighted by Gasteiger charge is 2.19. The Morgan fingerprint density at radius 2 is 2.11 bits per heavy atom. The van der Waals surface area contributed by atoms with Gasteiger partial charge in [-0.2, -0.15) is 0 Å². The van der Waals surface area contributed by atoms with Crippen LogP contribution in [0.4, 0.5) is 0 Å². The zero-order valence-electron chi connectivity index (χ0n) is 10.3. The predicted molar refractivity (Wildman–Crippen MR) is 62.5 cm³/mol. The van der Waals surface area contributed by atoms with Crippen LogP contribution in [0.15, 0.2) is 18.3 Å². The van der Waals surface area contributed by atoms with Crippen molar-refractivity contribution in [3.63, 3.8) is 0 Å². The third kappa shape index (κ3) is 3.73. The molecular weight excluding hydrogens is 238 g/mol. The van der Waals surface area contributed by atoms with Crippen molar-refractivity contribution < 1.29 is 24.2 Å². The highest BCUT2D eigenvalue weighted by molar-refractivity contribution is 5.85. The highest BCUT2D eigenvalue weighted by atomic mass is 16.6. The van der Waals surface area contributed by atoms with E-state index in [-0.39, 0.29) is 12.3 Å². The van der Waals surface area contributed by atoms with Gasteiger partial charge in [0.2, 0.25) is 0 Å². The lowest BCUT2D eigenvalue weighted by atomic mass is 10.3. The number of aromatic nitrogens is 1. The minimum Gasteiger partial charge on any atom is -0.477 e. The molecule has 0 saturated carbocycles. The molecule has 1 atom stereocenters. The van der Waals surface area contributed by atoms with Crippen molar-refractivity contribution in [3.05, 3.63) is 24.0 Å². The molecule has 18 heavy (non-hydrogen) atoms. The topological polar surface area (TPSA) is 85.7 Å². The van der Waals surface area contributed by atoms with Gasteiger partial charge in [-0.1, -0.05) is 6.92 Å². The highest BCUT2D eigenvalue weighted by Crippen LogP contribution is 2.13. The Hall–Kier alpha value is -2.11. The van der Waals surface area contributed by atoms with Crippen molar-refractivity contribution in [1.29, 1.82) is 0 Å². The third-order valence-electron chi connectivity index (χ3n) is 2.15. The van der Waals surface area contributed by atoms with Crippen molar-refractivity contribution in [2.75, 3.05) is 6.61 Å². The van der Waals surface area contributed by atoms with Crippen LogP contribution in [0.2, 0.25) is 0 Å². The molecule has 0 spiro atoms. The first-order chi connectivity index (χ1) is 8.58. The van der Waals surface area contributed by atoms with Gasteiger partial charge >= 0.3 is 11.9 Å². The fourth-order valence-electron chi connectivity index (χ4n) is 1.27. The monoisotopic (exact) mass is 253 g/mol. The molecule has 1 aromatic heterocycles. The van der Waals surface area contributed by atoms with Crippen LogP contribution < -0.4 is 4.74 Å². The summed E-state index contributed by atoms with van der Waals surface area (Å²) in [4.78, 5) is 25.8. The minimum atomic E-state index is -1.11. The van der Waals surface area contributed by atoms with Gasteiger partial charge in [-0.15, -0.1) is 0 Å². The molecule has 0 aliphatic carbocycles. The van der Waals surface area contributed by atoms with E-state index < -0.39 is 18.0 Å². The summed E-state index contributed by atoms with van der Waals surface area (Å²) in [5.41, 5.74) is -0.0773. The molecule has 98 valence electrons. The maximum absolute atomic E-state index is 11.5. The van der Waals surface area contributed by atoms with Gasteiger partial charge in [0.15, 0.2) is 6.10 Å². The van der Waals surface area contributed by atoms with Crippen LogP contribution in [0.1, 0.15) is 30.8 Å². The van der Waals surface area contributed by atoms with Gasteiger partial charge < -0.3 is 14.6 Å². The van der Waals surface area contributed by atoms with Gasteiger partial charge in [0.25, 0.3) is 0 Å². The number of nitrogens with zero attached hydrogens (tertiary/aromatic N) is 1. The van der Waals surface area contributed by atoms with Gasteiger partial charge in [-0.25, -0.2) is 14.6 Å². The smallest absolute Gasteiger partial charge is 0.354 e. The van der Waals surface area contributed by atoms with E-state index in [0.717, 1.165) is 0 Å². The summed E-state index contributed by atoms with van der Waals surface area (Å²) in [6, 6.07) is 2.77. The summed E-state index contributed by atoms with van der Waals surface area (Å²) >= 11 is 0. The molecule has 0 bridgehead atoms. The van der Waals surface area contributed by atoms with Crippen LogP contribution >= 0.6 is 0 Å². The van der Waals surface area contributed by atoms with E-state index in [0.29, 0.717) is 12.2 Å². The van der Waals surface area contributed by atoms with Gasteiger partial charge in [0.1, 0.15) is 11.4 Å². The Bertz CT molecular complexity index is 415. The number of pyridine rings is 1. The van der Waals surface area contributed by atoms with E-state index in [4.69, 9.17) is 14.6 Å². The Kier molecular flexibility index (Phi) is 5.10. The van der Waals surface area contributed by atoms with Gasteiger partial charge in [-0.05, 0) is 25.5 Å². The summed E-state index contributed by atoms with van der Waals surface area (Å²) < 4.78 is 10.2. The molecule has 0 aliphatic rings. The zero-order chi connectivity index (χ0) is 13.5. The van der Waals surface area contributed by atoms with Crippen LogP contribution in [0.3, 0.4) is 0 Å². The van der Waals surface area contributed by atoms with Crippen molar-refractivity contribution in [3.8, 4) is 5.75 Å². The standard InChI is InChI=1S/C12H15NO5/c1-3-10(12(16)17-4-2)18-8-5-6-9(11(14)15)13-7-8/h5-7,10H,3-4H2,1-2H3,(H,14,15). The number of carboxylic acids is 1. The Balaban J connectivity index is 2.70. The fraction of sp³-hybridized carbons (Fsp3) is 0.417. The van der Waals surface area contributed by atoms with Crippen molar-refractivity contribution in [1.82, 2.24) is 4.98 Å². The van der Waals surface area contributed by atoms with Crippen molar-refractivity contribution in [2.45, 2.75) is 26.4 Å². The van der Waals surface area contributed by atoms with Gasteiger partial charge in [-0.3, -0.25) is 0 Å². The molecule has 1 N–H and O–H groups in total. The lowest BCUT2D eigenvalue weighted by Gasteiger charge is -2.15. The molecule has 0 radical (unpaired) electrons. The van der Waals surface area contributed by atoms with Crippen molar-refractivity contribution >= 4 is 11.9 Å². The third-order valence-corrected chi connectivity index (χ3v) is 2.15. The van der Waals surface area contributed by atoms with E-state index in [1.165, 1.54) is 18.3 Å². The number of rotatable bonds is 6. The van der Waals surface area contributed by atoms with Crippen LogP contribution in [0.5, 0.6) is 5.75 Å². The van der Waals surface area contributed by atoms with E-state index in [1.54, 1.807) is 13.8 Å². The Morgan fingerprint density at radius 3 is 2.56 bits per heavy atom. The van der Waals surface area contributed by atoms with E-state index in [9.17, 15) is 9.59 Å². The second kappa shape index (κ2) is 6.58. The first kappa shape index (κ1) is 14.0. The molecule has 1 aromatic rings. The first-order valence-corrected chi connectivity index (χ1v) is 5.61. The second-order valence-corrected chi connectivity index (χ2v) is 3.45. The molecule has 0 aliphatic heterocycles. The minimum absolute atomic E-state index is 0.0773. The molecule has 6 heteroatoms. The molecular formula is C12H15NO5. The second-order valence-electron chi connectivity index (χ2n) is 3.45. The van der Waals surface area contributed by atoms with E-state index >= 15 is 0 Å². The molecule has 0 fully saturated rings. The molecule has 0 saturated heterocycles.